The predicted octanol–water partition coefficient (Wildman–Crippen LogP) is 3.20. The number of urea groups is 1. The van der Waals surface area contributed by atoms with Crippen molar-refractivity contribution in [2.24, 2.45) is 11.3 Å². The van der Waals surface area contributed by atoms with Crippen molar-refractivity contribution in [3.63, 3.8) is 0 Å². The van der Waals surface area contributed by atoms with Crippen LogP contribution in [-0.2, 0) is 22.6 Å². The van der Waals surface area contributed by atoms with Crippen LogP contribution in [0.1, 0.15) is 30.5 Å². The summed E-state index contributed by atoms with van der Waals surface area (Å²) >= 11 is 0. The third kappa shape index (κ3) is 5.11. The van der Waals surface area contributed by atoms with Gasteiger partial charge in [-0.25, -0.2) is 9.69 Å². The van der Waals surface area contributed by atoms with Gasteiger partial charge in [-0.3, -0.25) is 19.7 Å². The molecule has 3 aliphatic rings. The van der Waals surface area contributed by atoms with Gasteiger partial charge < -0.3 is 23.7 Å². The standard InChI is InChI=1S/C33H36N4O7/c1-4-44-27-10-6-5-8-26(27)37-31(40)33(30(39)34-32(37)41,16-22-12-13-24(42-2)15-28(22)43-3)20-35-17-21-14-23(19-35)25-9-7-11-29(38)36(25)18-21/h5-13,15,21,23H,4,14,16-20H2,1-3H3,(H,34,39,41)/t21-,23+,33+/m1/s1. The van der Waals surface area contributed by atoms with Gasteiger partial charge in [0, 0.05) is 56.3 Å². The van der Waals surface area contributed by atoms with Crippen molar-refractivity contribution in [1.82, 2.24) is 14.8 Å². The van der Waals surface area contributed by atoms with Gasteiger partial charge >= 0.3 is 6.03 Å². The van der Waals surface area contributed by atoms with Crippen LogP contribution in [-0.4, -0.2) is 67.8 Å². The van der Waals surface area contributed by atoms with Gasteiger partial charge in [0.2, 0.25) is 5.91 Å². The number of methoxy groups -OCH3 is 2. The summed E-state index contributed by atoms with van der Waals surface area (Å²) in [7, 11) is 3.07. The van der Waals surface area contributed by atoms with Gasteiger partial charge in [0.25, 0.3) is 11.5 Å². The zero-order valence-electron chi connectivity index (χ0n) is 25.1. The van der Waals surface area contributed by atoms with E-state index in [1.54, 1.807) is 61.7 Å². The van der Waals surface area contributed by atoms with Crippen molar-refractivity contribution in [3.8, 4) is 17.2 Å². The number of para-hydroxylation sites is 2. The molecule has 0 saturated carbocycles. The highest BCUT2D eigenvalue weighted by atomic mass is 16.5. The molecule has 1 aromatic heterocycles. The second-order valence-corrected chi connectivity index (χ2v) is 11.6. The van der Waals surface area contributed by atoms with Crippen molar-refractivity contribution in [3.05, 3.63) is 82.3 Å². The highest BCUT2D eigenvalue weighted by Crippen LogP contribution is 2.42. The van der Waals surface area contributed by atoms with Crippen LogP contribution >= 0.6 is 0 Å². The molecular formula is C33H36N4O7. The SMILES string of the molecule is CCOc1ccccc1N1C(=O)NC(=O)[C@](Cc2ccc(OC)cc2OC)(CN2C[C@H]3C[C@@H](C2)c2cccc(=O)n2C3)C1=O. The van der Waals surface area contributed by atoms with Crippen LogP contribution in [0.15, 0.2) is 65.5 Å². The minimum absolute atomic E-state index is 0.0160. The number of aromatic nitrogens is 1. The van der Waals surface area contributed by atoms with E-state index in [4.69, 9.17) is 14.2 Å². The number of piperidine rings is 1. The first-order valence-electron chi connectivity index (χ1n) is 14.8. The van der Waals surface area contributed by atoms with Crippen molar-refractivity contribution in [2.45, 2.75) is 32.2 Å². The number of hydrogen-bond donors (Lipinski definition) is 1. The normalized spacial score (nSPS) is 23.2. The number of amides is 4. The number of pyridine rings is 1. The predicted molar refractivity (Wildman–Crippen MR) is 162 cm³/mol. The Kier molecular flexibility index (Phi) is 7.89. The minimum Gasteiger partial charge on any atom is -0.497 e. The summed E-state index contributed by atoms with van der Waals surface area (Å²) < 4.78 is 18.6. The van der Waals surface area contributed by atoms with Crippen LogP contribution in [0.4, 0.5) is 10.5 Å². The molecule has 3 atom stereocenters. The second-order valence-electron chi connectivity index (χ2n) is 11.6. The van der Waals surface area contributed by atoms with Crippen LogP contribution in [0.5, 0.6) is 17.2 Å². The average molecular weight is 601 g/mol. The molecule has 230 valence electrons. The number of likely N-dealkylation sites (tertiary alicyclic amines) is 1. The largest absolute Gasteiger partial charge is 0.497 e. The topological polar surface area (TPSA) is 119 Å². The Labute approximate surface area is 255 Å². The molecule has 0 spiro atoms. The van der Waals surface area contributed by atoms with E-state index < -0.39 is 23.3 Å². The van der Waals surface area contributed by atoms with E-state index in [2.05, 4.69) is 10.2 Å². The molecular weight excluding hydrogens is 564 g/mol. The summed E-state index contributed by atoms with van der Waals surface area (Å²) in [6, 6.07) is 16.6. The lowest BCUT2D eigenvalue weighted by Crippen LogP contribution is -2.68. The number of imide groups is 2. The lowest BCUT2D eigenvalue weighted by atomic mass is 9.75. The van der Waals surface area contributed by atoms with Gasteiger partial charge in [0.1, 0.15) is 22.7 Å². The Morgan fingerprint density at radius 3 is 2.50 bits per heavy atom. The molecule has 4 amide bonds. The number of ether oxygens (including phenoxy) is 3. The maximum Gasteiger partial charge on any atom is 0.335 e. The molecule has 11 heteroatoms. The minimum atomic E-state index is -1.68. The number of nitrogens with one attached hydrogen (secondary N) is 1. The fourth-order valence-corrected chi connectivity index (χ4v) is 6.99. The number of nitrogens with zero attached hydrogens (tertiary/aromatic N) is 3. The van der Waals surface area contributed by atoms with Crippen LogP contribution < -0.4 is 30.0 Å². The van der Waals surface area contributed by atoms with Crippen LogP contribution in [0.3, 0.4) is 0 Å². The maximum absolute atomic E-state index is 14.8. The number of carbonyl (C=O) groups is 3. The molecule has 44 heavy (non-hydrogen) atoms. The van der Waals surface area contributed by atoms with E-state index in [1.165, 1.54) is 7.11 Å². The van der Waals surface area contributed by atoms with Gasteiger partial charge in [-0.05, 0) is 49.1 Å². The lowest BCUT2D eigenvalue weighted by molar-refractivity contribution is -0.144. The van der Waals surface area contributed by atoms with Crippen molar-refractivity contribution < 1.29 is 28.6 Å². The molecule has 2 aromatic carbocycles. The van der Waals surface area contributed by atoms with Gasteiger partial charge in [0.05, 0.1) is 26.5 Å². The monoisotopic (exact) mass is 600 g/mol. The van der Waals surface area contributed by atoms with E-state index >= 15 is 0 Å². The molecule has 2 fully saturated rings. The molecule has 0 aliphatic carbocycles. The van der Waals surface area contributed by atoms with E-state index in [9.17, 15) is 19.2 Å². The molecule has 2 saturated heterocycles. The van der Waals surface area contributed by atoms with E-state index in [0.29, 0.717) is 49.1 Å². The molecule has 1 N–H and O–H groups in total. The second kappa shape index (κ2) is 11.8. The Balaban J connectivity index is 1.42. The zero-order valence-corrected chi connectivity index (χ0v) is 25.1. The Morgan fingerprint density at radius 2 is 1.73 bits per heavy atom. The fourth-order valence-electron chi connectivity index (χ4n) is 6.99. The number of benzene rings is 2. The molecule has 2 bridgehead atoms. The van der Waals surface area contributed by atoms with Crippen LogP contribution in [0.2, 0.25) is 0 Å². The molecule has 11 nitrogen and oxygen atoms in total. The van der Waals surface area contributed by atoms with Crippen LogP contribution in [0, 0.1) is 11.3 Å². The van der Waals surface area contributed by atoms with Gasteiger partial charge in [0.15, 0.2) is 0 Å². The van der Waals surface area contributed by atoms with E-state index in [0.717, 1.165) is 17.0 Å². The van der Waals surface area contributed by atoms with Gasteiger partial charge in [-0.15, -0.1) is 0 Å². The smallest absolute Gasteiger partial charge is 0.335 e. The number of fused-ring (bicyclic) bond motifs is 4. The highest BCUT2D eigenvalue weighted by molar-refractivity contribution is 6.30. The number of anilines is 1. The summed E-state index contributed by atoms with van der Waals surface area (Å²) in [5, 5.41) is 2.50. The number of hydrogen-bond acceptors (Lipinski definition) is 8. The summed E-state index contributed by atoms with van der Waals surface area (Å²) in [4.78, 5) is 58.0. The van der Waals surface area contributed by atoms with Gasteiger partial charge in [-0.2, -0.15) is 0 Å². The van der Waals surface area contributed by atoms with E-state index in [-0.39, 0.29) is 36.0 Å². The van der Waals surface area contributed by atoms with Crippen molar-refractivity contribution >= 4 is 23.5 Å². The number of barbiturate groups is 1. The fraction of sp³-hybridized carbons (Fsp3) is 0.394. The molecule has 6 rings (SSSR count). The number of rotatable bonds is 9. The summed E-state index contributed by atoms with van der Waals surface area (Å²) in [6.07, 6.45) is 0.902. The summed E-state index contributed by atoms with van der Waals surface area (Å²) in [5.74, 6) is 0.338. The highest BCUT2D eigenvalue weighted by Gasteiger charge is 2.56. The first-order chi connectivity index (χ1) is 21.3. The van der Waals surface area contributed by atoms with Crippen LogP contribution in [0.25, 0.3) is 0 Å². The molecule has 4 heterocycles. The average Bonchev–Trinajstić information content (AvgIpc) is 3.01. The third-order valence-electron chi connectivity index (χ3n) is 8.91. The lowest BCUT2D eigenvalue weighted by Gasteiger charge is -2.47. The quantitative estimate of drug-likeness (QED) is 0.372. The molecule has 0 unspecified atom stereocenters. The maximum atomic E-state index is 14.8. The Morgan fingerprint density at radius 1 is 0.909 bits per heavy atom. The molecule has 3 aliphatic heterocycles. The first-order valence-corrected chi connectivity index (χ1v) is 14.8. The van der Waals surface area contributed by atoms with Gasteiger partial charge in [-0.1, -0.05) is 24.3 Å². The molecule has 0 radical (unpaired) electrons. The van der Waals surface area contributed by atoms with Crippen molar-refractivity contribution in [1.29, 1.82) is 0 Å². The third-order valence-corrected chi connectivity index (χ3v) is 8.91. The number of carbonyl (C=O) groups excluding carboxylic acids is 3. The Bertz CT molecular complexity index is 1670. The van der Waals surface area contributed by atoms with Crippen molar-refractivity contribution in [2.75, 3.05) is 45.4 Å². The summed E-state index contributed by atoms with van der Waals surface area (Å²) in [5.41, 5.74) is 0.151. The van der Waals surface area contributed by atoms with E-state index in [1.807, 2.05) is 17.6 Å². The molecule has 3 aromatic rings. The zero-order chi connectivity index (χ0) is 31.0. The summed E-state index contributed by atoms with van der Waals surface area (Å²) in [6.45, 7) is 3.95. The Hall–Kier alpha value is -4.64. The first kappa shape index (κ1) is 29.4.